The summed E-state index contributed by atoms with van der Waals surface area (Å²) >= 11 is 0. The number of sulfone groups is 2. The van der Waals surface area contributed by atoms with Crippen molar-refractivity contribution in [1.29, 1.82) is 0 Å². The summed E-state index contributed by atoms with van der Waals surface area (Å²) < 4.78 is 63.9. The van der Waals surface area contributed by atoms with E-state index in [1.165, 1.54) is 12.1 Å². The first kappa shape index (κ1) is 32.5. The molecule has 0 saturated carbocycles. The topological polar surface area (TPSA) is 86.7 Å². The minimum atomic E-state index is -3.63. The average molecular weight is 629 g/mol. The molecule has 0 fully saturated rings. The summed E-state index contributed by atoms with van der Waals surface area (Å²) in [6.45, 7) is 11.6. The summed E-state index contributed by atoms with van der Waals surface area (Å²) in [5, 5.41) is 0. The number of allylic oxidation sites excluding steroid dienone is 3. The lowest BCUT2D eigenvalue weighted by atomic mass is 10.1. The summed E-state index contributed by atoms with van der Waals surface area (Å²) in [4.78, 5) is 0.883. The molecule has 0 aliphatic heterocycles. The van der Waals surface area contributed by atoms with Gasteiger partial charge >= 0.3 is 0 Å². The molecule has 1 atom stereocenters. The summed E-state index contributed by atoms with van der Waals surface area (Å²) in [6, 6.07) is 26.5. The SMILES string of the molecule is C=C(/C=C\C(=C/C)OC(CC)c1ccc(S(=O)(=O)c2ccc(C)cc2)cc1)Oc1ccc(S(=O)(=O)c2ccc(C)cc2)cc1. The molecule has 0 aliphatic carbocycles. The van der Waals surface area contributed by atoms with Crippen molar-refractivity contribution in [3.8, 4) is 5.75 Å². The number of ether oxygens (including phenoxy) is 2. The minimum Gasteiger partial charge on any atom is -0.486 e. The van der Waals surface area contributed by atoms with Gasteiger partial charge in [-0.25, -0.2) is 16.8 Å². The lowest BCUT2D eigenvalue weighted by molar-refractivity contribution is 0.122. The number of rotatable bonds is 12. The molecule has 0 radical (unpaired) electrons. The number of aryl methyl sites for hydroxylation is 2. The lowest BCUT2D eigenvalue weighted by Gasteiger charge is -2.19. The maximum Gasteiger partial charge on any atom is 0.206 e. The van der Waals surface area contributed by atoms with Crippen molar-refractivity contribution in [2.75, 3.05) is 0 Å². The van der Waals surface area contributed by atoms with E-state index in [2.05, 4.69) is 6.58 Å². The van der Waals surface area contributed by atoms with E-state index in [4.69, 9.17) is 9.47 Å². The van der Waals surface area contributed by atoms with Crippen LogP contribution in [0.5, 0.6) is 5.75 Å². The zero-order valence-corrected chi connectivity index (χ0v) is 26.9. The Hall–Kier alpha value is -4.40. The second-order valence-corrected chi connectivity index (χ2v) is 14.2. The molecule has 0 heterocycles. The molecule has 0 saturated heterocycles. The van der Waals surface area contributed by atoms with Crippen LogP contribution in [0.1, 0.15) is 43.1 Å². The van der Waals surface area contributed by atoms with Gasteiger partial charge in [0.15, 0.2) is 0 Å². The molecule has 4 aromatic carbocycles. The first-order valence-electron chi connectivity index (χ1n) is 14.2. The van der Waals surface area contributed by atoms with Crippen LogP contribution in [0.3, 0.4) is 0 Å². The van der Waals surface area contributed by atoms with Gasteiger partial charge in [-0.1, -0.05) is 61.0 Å². The summed E-state index contributed by atoms with van der Waals surface area (Å²) in [5.41, 5.74) is 2.82. The van der Waals surface area contributed by atoms with Gasteiger partial charge in [0, 0.05) is 0 Å². The molecule has 0 aliphatic rings. The van der Waals surface area contributed by atoms with Gasteiger partial charge in [-0.05, 0) is 112 Å². The van der Waals surface area contributed by atoms with Crippen LogP contribution in [-0.2, 0) is 24.4 Å². The second-order valence-electron chi connectivity index (χ2n) is 10.3. The van der Waals surface area contributed by atoms with Gasteiger partial charge in [0.05, 0.1) is 19.6 Å². The Kier molecular flexibility index (Phi) is 10.3. The molecule has 0 aromatic heterocycles. The Morgan fingerprint density at radius 1 is 0.682 bits per heavy atom. The van der Waals surface area contributed by atoms with Crippen LogP contribution in [0.25, 0.3) is 0 Å². The average Bonchev–Trinajstić information content (AvgIpc) is 3.02. The molecule has 6 nitrogen and oxygen atoms in total. The van der Waals surface area contributed by atoms with Crippen LogP contribution in [0.4, 0.5) is 0 Å². The highest BCUT2D eigenvalue weighted by molar-refractivity contribution is 7.91. The van der Waals surface area contributed by atoms with E-state index in [1.807, 2.05) is 33.8 Å². The molecule has 1 unspecified atom stereocenters. The minimum absolute atomic E-state index is 0.172. The largest absolute Gasteiger partial charge is 0.486 e. The van der Waals surface area contributed by atoms with E-state index in [1.54, 1.807) is 97.1 Å². The van der Waals surface area contributed by atoms with Crippen LogP contribution in [0.15, 0.2) is 153 Å². The van der Waals surface area contributed by atoms with E-state index in [-0.39, 0.29) is 25.7 Å². The monoisotopic (exact) mass is 628 g/mol. The lowest BCUT2D eigenvalue weighted by Crippen LogP contribution is -2.05. The third kappa shape index (κ3) is 7.75. The van der Waals surface area contributed by atoms with Gasteiger partial charge in [0.1, 0.15) is 23.4 Å². The Balaban J connectivity index is 1.38. The van der Waals surface area contributed by atoms with Crippen LogP contribution < -0.4 is 4.74 Å². The summed E-state index contributed by atoms with van der Waals surface area (Å²) in [6.07, 6.45) is 5.56. The predicted molar refractivity (Wildman–Crippen MR) is 173 cm³/mol. The second kappa shape index (κ2) is 13.9. The number of benzene rings is 4. The van der Waals surface area contributed by atoms with Crippen molar-refractivity contribution >= 4 is 19.7 Å². The van der Waals surface area contributed by atoms with Crippen LogP contribution in [-0.4, -0.2) is 16.8 Å². The van der Waals surface area contributed by atoms with Crippen molar-refractivity contribution < 1.29 is 26.3 Å². The fraction of sp³-hybridized carbons (Fsp3) is 0.167. The van der Waals surface area contributed by atoms with Gasteiger partial charge in [-0.2, -0.15) is 0 Å². The molecule has 0 spiro atoms. The normalized spacial score (nSPS) is 13.0. The Bertz CT molecular complexity index is 1870. The van der Waals surface area contributed by atoms with E-state index in [0.717, 1.165) is 16.7 Å². The highest BCUT2D eigenvalue weighted by Gasteiger charge is 2.20. The molecule has 44 heavy (non-hydrogen) atoms. The standard InChI is InChI=1S/C36H36O6S2/c1-6-30(42-36(7-2)29-13-22-34(23-14-29)43(37,38)32-18-8-26(3)9-19-32)15-12-28(5)41-31-16-24-35(25-17-31)44(39,40)33-20-10-27(4)11-21-33/h6,8-25,36H,5,7H2,1-4H3/b15-12-,30-6+. The van der Waals surface area contributed by atoms with E-state index < -0.39 is 19.7 Å². The molecule has 8 heteroatoms. The zero-order valence-electron chi connectivity index (χ0n) is 25.2. The molecule has 0 amide bonds. The van der Waals surface area contributed by atoms with E-state index in [9.17, 15) is 16.8 Å². The third-order valence-electron chi connectivity index (χ3n) is 6.97. The van der Waals surface area contributed by atoms with Crippen molar-refractivity contribution in [3.05, 3.63) is 150 Å². The van der Waals surface area contributed by atoms with Gasteiger partial charge in [0.2, 0.25) is 19.7 Å². The van der Waals surface area contributed by atoms with Gasteiger partial charge in [-0.15, -0.1) is 0 Å². The molecule has 0 N–H and O–H groups in total. The summed E-state index contributed by atoms with van der Waals surface area (Å²) in [5.74, 6) is 1.36. The molecule has 4 rings (SSSR count). The van der Waals surface area contributed by atoms with Crippen molar-refractivity contribution in [1.82, 2.24) is 0 Å². The molecule has 0 bridgehead atoms. The third-order valence-corrected chi connectivity index (χ3v) is 10.5. The summed E-state index contributed by atoms with van der Waals surface area (Å²) in [7, 11) is -7.25. The number of hydrogen-bond donors (Lipinski definition) is 0. The van der Waals surface area contributed by atoms with E-state index >= 15 is 0 Å². The van der Waals surface area contributed by atoms with Crippen molar-refractivity contribution in [3.63, 3.8) is 0 Å². The molecule has 4 aromatic rings. The highest BCUT2D eigenvalue weighted by Crippen LogP contribution is 2.28. The fourth-order valence-electron chi connectivity index (χ4n) is 4.37. The Morgan fingerprint density at radius 2 is 1.09 bits per heavy atom. The van der Waals surface area contributed by atoms with Crippen molar-refractivity contribution in [2.45, 2.75) is 59.8 Å². The van der Waals surface area contributed by atoms with Crippen LogP contribution in [0.2, 0.25) is 0 Å². The van der Waals surface area contributed by atoms with Crippen LogP contribution >= 0.6 is 0 Å². The fourth-order valence-corrected chi connectivity index (χ4v) is 6.89. The smallest absolute Gasteiger partial charge is 0.206 e. The maximum absolute atomic E-state index is 13.0. The van der Waals surface area contributed by atoms with Gasteiger partial charge in [0.25, 0.3) is 0 Å². The zero-order chi connectivity index (χ0) is 31.9. The van der Waals surface area contributed by atoms with E-state index in [0.29, 0.717) is 23.7 Å². The van der Waals surface area contributed by atoms with Crippen LogP contribution in [0, 0.1) is 13.8 Å². The maximum atomic E-state index is 13.0. The van der Waals surface area contributed by atoms with Gasteiger partial charge in [-0.3, -0.25) is 0 Å². The first-order chi connectivity index (χ1) is 20.9. The Morgan fingerprint density at radius 3 is 1.50 bits per heavy atom. The molecular formula is C36H36O6S2. The predicted octanol–water partition coefficient (Wildman–Crippen LogP) is 8.49. The first-order valence-corrected chi connectivity index (χ1v) is 17.1. The highest BCUT2D eigenvalue weighted by atomic mass is 32.2. The molecule has 228 valence electrons. The number of hydrogen-bond acceptors (Lipinski definition) is 6. The Labute approximate surface area is 260 Å². The van der Waals surface area contributed by atoms with Crippen molar-refractivity contribution in [2.24, 2.45) is 0 Å². The van der Waals surface area contributed by atoms with Gasteiger partial charge < -0.3 is 9.47 Å². The molecular weight excluding hydrogens is 593 g/mol. The quantitative estimate of drug-likeness (QED) is 0.116.